The fourth-order valence-corrected chi connectivity index (χ4v) is 2.06. The van der Waals surface area contributed by atoms with Gasteiger partial charge in [-0.3, -0.25) is 0 Å². The van der Waals surface area contributed by atoms with Gasteiger partial charge in [-0.05, 0) is 43.0 Å². The molecule has 82 valence electrons. The zero-order chi connectivity index (χ0) is 10.7. The summed E-state index contributed by atoms with van der Waals surface area (Å²) in [6.45, 7) is 2.94. The first kappa shape index (κ1) is 10.5. The standard InChI is InChI=1S/C13H19NO/c1-2-12-9-11-8-10(4-3-7-14)5-6-13(11)15-12/h5-6,8,12H,2-4,7,9,14H2,1H3. The topological polar surface area (TPSA) is 35.2 Å². The van der Waals surface area contributed by atoms with E-state index in [0.717, 1.165) is 38.0 Å². The number of ether oxygens (including phenoxy) is 1. The van der Waals surface area contributed by atoms with Gasteiger partial charge in [-0.2, -0.15) is 0 Å². The van der Waals surface area contributed by atoms with Crippen molar-refractivity contribution in [3.8, 4) is 5.75 Å². The van der Waals surface area contributed by atoms with Crippen LogP contribution in [0, 0.1) is 0 Å². The van der Waals surface area contributed by atoms with E-state index in [-0.39, 0.29) is 0 Å². The highest BCUT2D eigenvalue weighted by molar-refractivity contribution is 5.40. The van der Waals surface area contributed by atoms with Crippen molar-refractivity contribution >= 4 is 0 Å². The first-order valence-corrected chi connectivity index (χ1v) is 5.82. The lowest BCUT2D eigenvalue weighted by Crippen LogP contribution is -2.10. The monoisotopic (exact) mass is 205 g/mol. The minimum absolute atomic E-state index is 0.393. The van der Waals surface area contributed by atoms with Crippen LogP contribution in [0.1, 0.15) is 30.9 Å². The molecule has 1 unspecified atom stereocenters. The van der Waals surface area contributed by atoms with Crippen molar-refractivity contribution in [2.45, 2.75) is 38.7 Å². The Hall–Kier alpha value is -1.02. The average Bonchev–Trinajstić information content (AvgIpc) is 2.68. The Morgan fingerprint density at radius 3 is 3.07 bits per heavy atom. The van der Waals surface area contributed by atoms with E-state index in [9.17, 15) is 0 Å². The highest BCUT2D eigenvalue weighted by Gasteiger charge is 2.20. The molecule has 1 heterocycles. The minimum atomic E-state index is 0.393. The second-order valence-corrected chi connectivity index (χ2v) is 4.19. The van der Waals surface area contributed by atoms with Gasteiger partial charge in [0.15, 0.2) is 0 Å². The molecule has 15 heavy (non-hydrogen) atoms. The molecule has 0 bridgehead atoms. The van der Waals surface area contributed by atoms with Crippen LogP contribution in [0.5, 0.6) is 5.75 Å². The lowest BCUT2D eigenvalue weighted by molar-refractivity contribution is 0.228. The molecular formula is C13H19NO. The van der Waals surface area contributed by atoms with Gasteiger partial charge in [0, 0.05) is 6.42 Å². The second kappa shape index (κ2) is 4.67. The van der Waals surface area contributed by atoms with E-state index in [0.29, 0.717) is 6.10 Å². The Morgan fingerprint density at radius 1 is 1.47 bits per heavy atom. The van der Waals surface area contributed by atoms with Crippen LogP contribution in [-0.4, -0.2) is 12.6 Å². The van der Waals surface area contributed by atoms with Gasteiger partial charge in [0.25, 0.3) is 0 Å². The van der Waals surface area contributed by atoms with E-state index in [1.165, 1.54) is 11.1 Å². The molecule has 2 rings (SSSR count). The second-order valence-electron chi connectivity index (χ2n) is 4.19. The van der Waals surface area contributed by atoms with E-state index < -0.39 is 0 Å². The lowest BCUT2D eigenvalue weighted by Gasteiger charge is -2.05. The molecule has 0 spiro atoms. The molecule has 2 N–H and O–H groups in total. The highest BCUT2D eigenvalue weighted by Crippen LogP contribution is 2.30. The number of fused-ring (bicyclic) bond motifs is 1. The summed E-state index contributed by atoms with van der Waals surface area (Å²) in [5, 5.41) is 0. The summed E-state index contributed by atoms with van der Waals surface area (Å²) in [5.74, 6) is 1.08. The summed E-state index contributed by atoms with van der Waals surface area (Å²) in [4.78, 5) is 0. The van der Waals surface area contributed by atoms with Crippen LogP contribution in [0.2, 0.25) is 0 Å². The molecule has 1 atom stereocenters. The smallest absolute Gasteiger partial charge is 0.123 e. The molecule has 1 aromatic rings. The Bertz CT molecular complexity index is 335. The third kappa shape index (κ3) is 2.32. The number of hydrogen-bond acceptors (Lipinski definition) is 2. The fraction of sp³-hybridized carbons (Fsp3) is 0.538. The van der Waals surface area contributed by atoms with Crippen molar-refractivity contribution in [1.29, 1.82) is 0 Å². The van der Waals surface area contributed by atoms with E-state index in [1.807, 2.05) is 0 Å². The van der Waals surface area contributed by atoms with Gasteiger partial charge in [0.2, 0.25) is 0 Å². The van der Waals surface area contributed by atoms with Gasteiger partial charge < -0.3 is 10.5 Å². The van der Waals surface area contributed by atoms with Crippen LogP contribution in [0.3, 0.4) is 0 Å². The van der Waals surface area contributed by atoms with Crippen LogP contribution < -0.4 is 10.5 Å². The molecule has 0 fully saturated rings. The zero-order valence-corrected chi connectivity index (χ0v) is 9.33. The molecule has 0 aliphatic carbocycles. The van der Waals surface area contributed by atoms with E-state index >= 15 is 0 Å². The zero-order valence-electron chi connectivity index (χ0n) is 9.33. The molecule has 1 aliphatic rings. The Labute approximate surface area is 91.4 Å². The normalized spacial score (nSPS) is 18.7. The fourth-order valence-electron chi connectivity index (χ4n) is 2.06. The first-order valence-electron chi connectivity index (χ1n) is 5.82. The first-order chi connectivity index (χ1) is 7.33. The number of aryl methyl sites for hydroxylation is 1. The number of benzene rings is 1. The predicted octanol–water partition coefficient (Wildman–Crippen LogP) is 2.29. The third-order valence-electron chi connectivity index (χ3n) is 2.99. The molecule has 2 nitrogen and oxygen atoms in total. The van der Waals surface area contributed by atoms with Crippen molar-refractivity contribution in [2.24, 2.45) is 5.73 Å². The van der Waals surface area contributed by atoms with Gasteiger partial charge in [-0.25, -0.2) is 0 Å². The summed E-state index contributed by atoms with van der Waals surface area (Å²) in [6, 6.07) is 6.55. The highest BCUT2D eigenvalue weighted by atomic mass is 16.5. The SMILES string of the molecule is CCC1Cc2cc(CCCN)ccc2O1. The molecule has 0 aromatic heterocycles. The minimum Gasteiger partial charge on any atom is -0.490 e. The van der Waals surface area contributed by atoms with Crippen LogP contribution in [0.4, 0.5) is 0 Å². The van der Waals surface area contributed by atoms with Gasteiger partial charge >= 0.3 is 0 Å². The summed E-state index contributed by atoms with van der Waals surface area (Å²) in [6.07, 6.45) is 4.71. The number of hydrogen-bond donors (Lipinski definition) is 1. The Balaban J connectivity index is 2.08. The molecule has 0 radical (unpaired) electrons. The molecule has 1 aliphatic heterocycles. The summed E-state index contributed by atoms with van der Waals surface area (Å²) < 4.78 is 5.79. The Morgan fingerprint density at radius 2 is 2.33 bits per heavy atom. The number of rotatable bonds is 4. The van der Waals surface area contributed by atoms with Crippen LogP contribution in [-0.2, 0) is 12.8 Å². The summed E-state index contributed by atoms with van der Waals surface area (Å²) in [7, 11) is 0. The molecule has 0 saturated heterocycles. The van der Waals surface area contributed by atoms with Crippen molar-refractivity contribution in [3.05, 3.63) is 29.3 Å². The summed E-state index contributed by atoms with van der Waals surface area (Å²) in [5.41, 5.74) is 8.27. The van der Waals surface area contributed by atoms with Crippen molar-refractivity contribution in [2.75, 3.05) is 6.54 Å². The average molecular weight is 205 g/mol. The predicted molar refractivity (Wildman–Crippen MR) is 62.2 cm³/mol. The van der Waals surface area contributed by atoms with Crippen molar-refractivity contribution < 1.29 is 4.74 Å². The van der Waals surface area contributed by atoms with Crippen LogP contribution in [0.15, 0.2) is 18.2 Å². The van der Waals surface area contributed by atoms with Crippen molar-refractivity contribution in [1.82, 2.24) is 0 Å². The maximum atomic E-state index is 5.79. The van der Waals surface area contributed by atoms with Crippen molar-refractivity contribution in [3.63, 3.8) is 0 Å². The largest absolute Gasteiger partial charge is 0.490 e. The molecule has 0 amide bonds. The molecule has 2 heteroatoms. The van der Waals surface area contributed by atoms with Crippen LogP contribution >= 0.6 is 0 Å². The van der Waals surface area contributed by atoms with Gasteiger partial charge in [-0.1, -0.05) is 19.1 Å². The van der Waals surface area contributed by atoms with E-state index in [1.54, 1.807) is 0 Å². The number of nitrogens with two attached hydrogens (primary N) is 1. The quantitative estimate of drug-likeness (QED) is 0.818. The molecule has 1 aromatic carbocycles. The van der Waals surface area contributed by atoms with E-state index in [2.05, 4.69) is 25.1 Å². The maximum Gasteiger partial charge on any atom is 0.123 e. The maximum absolute atomic E-state index is 5.79. The third-order valence-corrected chi connectivity index (χ3v) is 2.99. The Kier molecular flexibility index (Phi) is 3.27. The van der Waals surface area contributed by atoms with E-state index in [4.69, 9.17) is 10.5 Å². The van der Waals surface area contributed by atoms with Gasteiger partial charge in [-0.15, -0.1) is 0 Å². The van der Waals surface area contributed by atoms with Crippen LogP contribution in [0.25, 0.3) is 0 Å². The van der Waals surface area contributed by atoms with Gasteiger partial charge in [0.05, 0.1) is 0 Å². The van der Waals surface area contributed by atoms with Gasteiger partial charge in [0.1, 0.15) is 11.9 Å². The molecule has 0 saturated carbocycles. The lowest BCUT2D eigenvalue weighted by atomic mass is 10.0. The molecular weight excluding hydrogens is 186 g/mol. The summed E-state index contributed by atoms with van der Waals surface area (Å²) >= 11 is 0.